The molecule has 0 saturated carbocycles. The van der Waals surface area contributed by atoms with Crippen LogP contribution in [0.15, 0.2) is 53.9 Å². The molecule has 0 bridgehead atoms. The van der Waals surface area contributed by atoms with Gasteiger partial charge in [-0.1, -0.05) is 30.3 Å². The van der Waals surface area contributed by atoms with Crippen LogP contribution in [0.2, 0.25) is 0 Å². The minimum Gasteiger partial charge on any atom is -0.325 e. The molecule has 2 N–H and O–H groups in total. The standard InChI is InChI=1S/C22H19N3O3S/c26-19(23-16-8-7-14-4-1-2-5-15(14)12-16)13-25-20(27)22(24-21(25)28)10-3-6-18-17(22)9-11-29-18/h1-2,4-5,7-9,11-12H,3,6,10,13H2,(H,23,26)(H,24,28)/t22-/m1/s1. The number of hydrogen-bond acceptors (Lipinski definition) is 4. The summed E-state index contributed by atoms with van der Waals surface area (Å²) >= 11 is 1.61. The molecule has 7 heteroatoms. The number of benzene rings is 2. The molecule has 146 valence electrons. The molecule has 5 rings (SSSR count). The Morgan fingerprint density at radius 1 is 1.14 bits per heavy atom. The molecule has 1 atom stereocenters. The number of carbonyl (C=O) groups is 3. The van der Waals surface area contributed by atoms with Crippen LogP contribution < -0.4 is 10.6 Å². The van der Waals surface area contributed by atoms with Crippen molar-refractivity contribution >= 4 is 45.6 Å². The highest BCUT2D eigenvalue weighted by molar-refractivity contribution is 7.10. The van der Waals surface area contributed by atoms with Gasteiger partial charge in [0.2, 0.25) is 5.91 Å². The van der Waals surface area contributed by atoms with Gasteiger partial charge in [0.1, 0.15) is 12.1 Å². The summed E-state index contributed by atoms with van der Waals surface area (Å²) in [5.74, 6) is -0.738. The van der Waals surface area contributed by atoms with Crippen LogP contribution in [0.5, 0.6) is 0 Å². The van der Waals surface area contributed by atoms with Gasteiger partial charge in [-0.3, -0.25) is 14.5 Å². The lowest BCUT2D eigenvalue weighted by Gasteiger charge is -2.31. The zero-order valence-corrected chi connectivity index (χ0v) is 16.4. The van der Waals surface area contributed by atoms with E-state index in [2.05, 4.69) is 10.6 Å². The molecular formula is C22H19N3O3S. The minimum absolute atomic E-state index is 0.307. The number of aryl methyl sites for hydroxylation is 1. The monoisotopic (exact) mass is 405 g/mol. The lowest BCUT2D eigenvalue weighted by Crippen LogP contribution is -2.46. The zero-order valence-electron chi connectivity index (χ0n) is 15.6. The molecule has 4 amide bonds. The van der Waals surface area contributed by atoms with Crippen molar-refractivity contribution in [2.45, 2.75) is 24.8 Å². The molecule has 0 unspecified atom stereocenters. The summed E-state index contributed by atoms with van der Waals surface area (Å²) in [7, 11) is 0. The Bertz CT molecular complexity index is 1150. The molecule has 1 aromatic heterocycles. The Balaban J connectivity index is 1.34. The number of nitrogens with one attached hydrogen (secondary N) is 2. The third-order valence-electron chi connectivity index (χ3n) is 5.67. The van der Waals surface area contributed by atoms with E-state index in [0.29, 0.717) is 12.1 Å². The Kier molecular flexibility index (Phi) is 4.13. The minimum atomic E-state index is -1.02. The van der Waals surface area contributed by atoms with Crippen molar-refractivity contribution < 1.29 is 14.4 Å². The maximum absolute atomic E-state index is 13.2. The highest BCUT2D eigenvalue weighted by atomic mass is 32.1. The average Bonchev–Trinajstić information content (AvgIpc) is 3.29. The first-order valence-corrected chi connectivity index (χ1v) is 10.4. The number of imide groups is 1. The van der Waals surface area contributed by atoms with Crippen molar-refractivity contribution in [1.82, 2.24) is 10.2 Å². The topological polar surface area (TPSA) is 78.5 Å². The van der Waals surface area contributed by atoms with E-state index in [1.807, 2.05) is 53.9 Å². The summed E-state index contributed by atoms with van der Waals surface area (Å²) in [4.78, 5) is 40.5. The summed E-state index contributed by atoms with van der Waals surface area (Å²) in [5.41, 5.74) is 0.492. The van der Waals surface area contributed by atoms with Crippen molar-refractivity contribution in [1.29, 1.82) is 0 Å². The van der Waals surface area contributed by atoms with Crippen LogP contribution in [0.3, 0.4) is 0 Å². The molecular weight excluding hydrogens is 386 g/mol. The number of rotatable bonds is 3. The zero-order chi connectivity index (χ0) is 20.0. The van der Waals surface area contributed by atoms with Gasteiger partial charge >= 0.3 is 6.03 Å². The van der Waals surface area contributed by atoms with Crippen molar-refractivity contribution in [3.63, 3.8) is 0 Å². The van der Waals surface area contributed by atoms with Crippen molar-refractivity contribution in [3.8, 4) is 0 Å². The number of nitrogens with zero attached hydrogens (tertiary/aromatic N) is 1. The molecule has 1 saturated heterocycles. The maximum Gasteiger partial charge on any atom is 0.325 e. The van der Waals surface area contributed by atoms with Crippen LogP contribution in [-0.4, -0.2) is 29.3 Å². The molecule has 6 nitrogen and oxygen atoms in total. The fraction of sp³-hybridized carbons (Fsp3) is 0.227. The number of amides is 4. The predicted octanol–water partition coefficient (Wildman–Crippen LogP) is 3.62. The number of urea groups is 1. The number of fused-ring (bicyclic) bond motifs is 3. The Morgan fingerprint density at radius 2 is 1.97 bits per heavy atom. The normalized spacial score (nSPS) is 20.8. The van der Waals surface area contributed by atoms with E-state index in [4.69, 9.17) is 0 Å². The quantitative estimate of drug-likeness (QED) is 0.653. The summed E-state index contributed by atoms with van der Waals surface area (Å²) in [5, 5.41) is 9.70. The van der Waals surface area contributed by atoms with E-state index in [1.54, 1.807) is 11.3 Å². The van der Waals surface area contributed by atoms with Crippen LogP contribution in [0.1, 0.15) is 23.3 Å². The summed E-state index contributed by atoms with van der Waals surface area (Å²) < 4.78 is 0. The van der Waals surface area contributed by atoms with Gasteiger partial charge in [-0.2, -0.15) is 0 Å². The largest absolute Gasteiger partial charge is 0.325 e. The van der Waals surface area contributed by atoms with Crippen LogP contribution in [0.4, 0.5) is 10.5 Å². The SMILES string of the molecule is O=C(CN1C(=O)N[C@@]2(CCCc3sccc32)C1=O)Nc1ccc2ccccc2c1. The Hall–Kier alpha value is -3.19. The van der Waals surface area contributed by atoms with E-state index in [9.17, 15) is 14.4 Å². The number of thiophene rings is 1. The smallest absolute Gasteiger partial charge is 0.325 e. The van der Waals surface area contributed by atoms with Crippen molar-refractivity contribution in [2.75, 3.05) is 11.9 Å². The van der Waals surface area contributed by atoms with Crippen LogP contribution >= 0.6 is 11.3 Å². The summed E-state index contributed by atoms with van der Waals surface area (Å²) in [6, 6.07) is 14.9. The summed E-state index contributed by atoms with van der Waals surface area (Å²) in [6.07, 6.45) is 2.31. The molecule has 1 fully saturated rings. The van der Waals surface area contributed by atoms with E-state index in [1.165, 1.54) is 0 Å². The highest BCUT2D eigenvalue weighted by Crippen LogP contribution is 2.42. The van der Waals surface area contributed by atoms with E-state index in [-0.39, 0.29) is 12.5 Å². The first kappa shape index (κ1) is 17.9. The van der Waals surface area contributed by atoms with Crippen molar-refractivity contribution in [2.24, 2.45) is 0 Å². The second-order valence-corrected chi connectivity index (χ2v) is 8.45. The lowest BCUT2D eigenvalue weighted by molar-refractivity contribution is -0.134. The van der Waals surface area contributed by atoms with Gasteiger partial charge in [-0.15, -0.1) is 11.3 Å². The van der Waals surface area contributed by atoms with E-state index < -0.39 is 17.5 Å². The molecule has 2 aliphatic rings. The summed E-state index contributed by atoms with van der Waals surface area (Å²) in [6.45, 7) is -0.307. The second kappa shape index (κ2) is 6.70. The van der Waals surface area contributed by atoms with Gasteiger partial charge < -0.3 is 10.6 Å². The molecule has 2 aromatic carbocycles. The fourth-order valence-corrected chi connectivity index (χ4v) is 5.30. The Labute approximate surface area is 171 Å². The molecule has 29 heavy (non-hydrogen) atoms. The Morgan fingerprint density at radius 3 is 2.83 bits per heavy atom. The lowest BCUT2D eigenvalue weighted by atomic mass is 9.80. The van der Waals surface area contributed by atoms with Crippen LogP contribution in [0, 0.1) is 0 Å². The molecule has 1 aliphatic carbocycles. The van der Waals surface area contributed by atoms with Gasteiger partial charge in [0.15, 0.2) is 0 Å². The molecule has 1 spiro atoms. The third-order valence-corrected chi connectivity index (χ3v) is 6.65. The number of carbonyl (C=O) groups excluding carboxylic acids is 3. The first-order valence-electron chi connectivity index (χ1n) is 9.56. The van der Waals surface area contributed by atoms with Gasteiger partial charge in [0.25, 0.3) is 5.91 Å². The second-order valence-electron chi connectivity index (χ2n) is 7.45. The van der Waals surface area contributed by atoms with Crippen LogP contribution in [0.25, 0.3) is 10.8 Å². The molecule has 2 heterocycles. The van der Waals surface area contributed by atoms with E-state index >= 15 is 0 Å². The van der Waals surface area contributed by atoms with Gasteiger partial charge in [-0.25, -0.2) is 4.79 Å². The highest BCUT2D eigenvalue weighted by Gasteiger charge is 2.54. The average molecular weight is 405 g/mol. The predicted molar refractivity (Wildman–Crippen MR) is 112 cm³/mol. The van der Waals surface area contributed by atoms with Gasteiger partial charge in [0, 0.05) is 16.1 Å². The van der Waals surface area contributed by atoms with Crippen molar-refractivity contribution in [3.05, 3.63) is 64.4 Å². The maximum atomic E-state index is 13.2. The number of anilines is 1. The van der Waals surface area contributed by atoms with Crippen LogP contribution in [-0.2, 0) is 21.5 Å². The molecule has 1 aliphatic heterocycles. The van der Waals surface area contributed by atoms with E-state index in [0.717, 1.165) is 39.0 Å². The molecule has 0 radical (unpaired) electrons. The third kappa shape index (κ3) is 2.89. The van der Waals surface area contributed by atoms with Gasteiger partial charge in [0.05, 0.1) is 0 Å². The van der Waals surface area contributed by atoms with Gasteiger partial charge in [-0.05, 0) is 53.6 Å². The fourth-order valence-electron chi connectivity index (χ4n) is 4.30. The first-order chi connectivity index (χ1) is 14.1. The number of hydrogen-bond donors (Lipinski definition) is 2. The molecule has 3 aromatic rings.